The van der Waals surface area contributed by atoms with Gasteiger partial charge >= 0.3 is 5.97 Å². The molecule has 0 spiro atoms. The van der Waals surface area contributed by atoms with E-state index in [2.05, 4.69) is 39.8 Å². The summed E-state index contributed by atoms with van der Waals surface area (Å²) >= 11 is 6.32. The van der Waals surface area contributed by atoms with Crippen molar-refractivity contribution in [3.8, 4) is 5.75 Å². The van der Waals surface area contributed by atoms with E-state index in [9.17, 15) is 9.90 Å². The molecule has 4 nitrogen and oxygen atoms in total. The van der Waals surface area contributed by atoms with Gasteiger partial charge in [0, 0.05) is 22.4 Å². The summed E-state index contributed by atoms with van der Waals surface area (Å²) in [5.41, 5.74) is 2.56. The number of carbonyl (C=O) groups is 1. The summed E-state index contributed by atoms with van der Waals surface area (Å²) in [6.07, 6.45) is 1.81. The quantitative estimate of drug-likeness (QED) is 0.580. The van der Waals surface area contributed by atoms with Gasteiger partial charge in [0.25, 0.3) is 0 Å². The molecule has 1 fully saturated rings. The number of fused-ring (bicyclic) bond motifs is 3. The molecular formula is C26H31ClO4. The monoisotopic (exact) mass is 442 g/mol. The van der Waals surface area contributed by atoms with Crippen LogP contribution >= 0.6 is 11.6 Å². The fraction of sp³-hybridized carbons (Fsp3) is 0.500. The zero-order chi connectivity index (χ0) is 22.3. The highest BCUT2D eigenvalue weighted by atomic mass is 35.5. The number of ether oxygens (including phenoxy) is 2. The molecule has 2 heterocycles. The lowest BCUT2D eigenvalue weighted by Gasteiger charge is -2.51. The first-order valence-corrected chi connectivity index (χ1v) is 11.5. The van der Waals surface area contributed by atoms with Crippen LogP contribution in [0, 0.1) is 11.8 Å². The second kappa shape index (κ2) is 8.48. The topological polar surface area (TPSA) is 55.8 Å². The highest BCUT2D eigenvalue weighted by molar-refractivity contribution is 6.30. The van der Waals surface area contributed by atoms with Gasteiger partial charge < -0.3 is 14.6 Å². The maximum Gasteiger partial charge on any atom is 0.307 e. The van der Waals surface area contributed by atoms with Crippen LogP contribution in [0.2, 0.25) is 5.02 Å². The summed E-state index contributed by atoms with van der Waals surface area (Å²) in [4.78, 5) is 11.3. The number of benzene rings is 2. The van der Waals surface area contributed by atoms with Crippen LogP contribution in [-0.2, 0) is 16.0 Å². The number of halogens is 1. The van der Waals surface area contributed by atoms with Crippen molar-refractivity contribution in [1.29, 1.82) is 0 Å². The Kier molecular flexibility index (Phi) is 6.06. The molecule has 4 rings (SSSR count). The van der Waals surface area contributed by atoms with Crippen molar-refractivity contribution in [2.45, 2.75) is 70.7 Å². The lowest BCUT2D eigenvalue weighted by atomic mass is 9.69. The van der Waals surface area contributed by atoms with Gasteiger partial charge in [0.05, 0.1) is 18.6 Å². The van der Waals surface area contributed by atoms with Gasteiger partial charge in [0.15, 0.2) is 0 Å². The number of hydrogen-bond acceptors (Lipinski definition) is 3. The van der Waals surface area contributed by atoms with Gasteiger partial charge in [0.1, 0.15) is 11.4 Å². The van der Waals surface area contributed by atoms with Gasteiger partial charge in [-0.15, -0.1) is 0 Å². The molecule has 4 atom stereocenters. The molecule has 0 saturated carbocycles. The number of hydrogen-bond donors (Lipinski definition) is 1. The van der Waals surface area contributed by atoms with Gasteiger partial charge in [-0.05, 0) is 68.0 Å². The maximum absolute atomic E-state index is 11.3. The van der Waals surface area contributed by atoms with Crippen molar-refractivity contribution in [2.75, 3.05) is 0 Å². The highest BCUT2D eigenvalue weighted by Crippen LogP contribution is 2.54. The molecule has 31 heavy (non-hydrogen) atoms. The largest absolute Gasteiger partial charge is 0.487 e. The fourth-order valence-corrected chi connectivity index (χ4v) is 5.39. The minimum absolute atomic E-state index is 0.00534. The van der Waals surface area contributed by atoms with E-state index < -0.39 is 11.6 Å². The van der Waals surface area contributed by atoms with Crippen LogP contribution in [0.5, 0.6) is 5.75 Å². The average Bonchev–Trinajstić information content (AvgIpc) is 2.67. The van der Waals surface area contributed by atoms with E-state index in [1.165, 1.54) is 5.56 Å². The Labute approximate surface area is 189 Å². The molecule has 5 heteroatoms. The van der Waals surface area contributed by atoms with Gasteiger partial charge in [-0.2, -0.15) is 0 Å². The van der Waals surface area contributed by atoms with Crippen molar-refractivity contribution < 1.29 is 19.4 Å². The van der Waals surface area contributed by atoms with Gasteiger partial charge in [-0.25, -0.2) is 0 Å². The molecule has 2 aliphatic heterocycles. The van der Waals surface area contributed by atoms with E-state index in [1.54, 1.807) is 0 Å². The number of rotatable bonds is 5. The number of carboxylic acids is 1. The van der Waals surface area contributed by atoms with E-state index in [-0.39, 0.29) is 30.5 Å². The van der Waals surface area contributed by atoms with Crippen molar-refractivity contribution >= 4 is 17.6 Å². The van der Waals surface area contributed by atoms with Crippen molar-refractivity contribution in [1.82, 2.24) is 0 Å². The maximum atomic E-state index is 11.3. The summed E-state index contributed by atoms with van der Waals surface area (Å²) < 4.78 is 13.3. The molecule has 0 unspecified atom stereocenters. The molecule has 166 valence electrons. The summed E-state index contributed by atoms with van der Waals surface area (Å²) in [5, 5.41) is 9.98. The van der Waals surface area contributed by atoms with Crippen LogP contribution < -0.4 is 4.74 Å². The van der Waals surface area contributed by atoms with E-state index in [4.69, 9.17) is 21.1 Å². The first kappa shape index (κ1) is 22.2. The van der Waals surface area contributed by atoms with E-state index in [0.717, 1.165) is 34.7 Å². The number of aliphatic carboxylic acids is 1. The molecule has 0 aromatic heterocycles. The highest BCUT2D eigenvalue weighted by Gasteiger charge is 2.50. The predicted octanol–water partition coefficient (Wildman–Crippen LogP) is 6.41. The summed E-state index contributed by atoms with van der Waals surface area (Å²) in [6, 6.07) is 13.8. The third-order valence-electron chi connectivity index (χ3n) is 6.63. The summed E-state index contributed by atoms with van der Waals surface area (Å²) in [5.74, 6) is 0.831. The van der Waals surface area contributed by atoms with E-state index in [0.29, 0.717) is 5.92 Å². The molecule has 0 aliphatic carbocycles. The van der Waals surface area contributed by atoms with Crippen LogP contribution in [0.4, 0.5) is 0 Å². The zero-order valence-corrected chi connectivity index (χ0v) is 19.4. The third-order valence-corrected chi connectivity index (χ3v) is 6.86. The zero-order valence-electron chi connectivity index (χ0n) is 18.6. The molecule has 2 aromatic carbocycles. The van der Waals surface area contributed by atoms with Gasteiger partial charge in [-0.3, -0.25) is 4.79 Å². The van der Waals surface area contributed by atoms with Crippen molar-refractivity contribution in [2.24, 2.45) is 11.8 Å². The molecule has 1 N–H and O–H groups in total. The Bertz CT molecular complexity index is 968. The van der Waals surface area contributed by atoms with Crippen LogP contribution in [0.3, 0.4) is 0 Å². The van der Waals surface area contributed by atoms with Crippen LogP contribution in [0.15, 0.2) is 42.5 Å². The molecule has 0 bridgehead atoms. The van der Waals surface area contributed by atoms with Crippen LogP contribution in [0.1, 0.15) is 69.2 Å². The molecule has 0 radical (unpaired) electrons. The Morgan fingerprint density at radius 3 is 2.68 bits per heavy atom. The van der Waals surface area contributed by atoms with Crippen LogP contribution in [-0.4, -0.2) is 22.8 Å². The first-order valence-electron chi connectivity index (χ1n) is 11.1. The van der Waals surface area contributed by atoms with Crippen molar-refractivity contribution in [3.05, 3.63) is 64.2 Å². The van der Waals surface area contributed by atoms with Crippen molar-refractivity contribution in [3.63, 3.8) is 0 Å². The molecule has 1 saturated heterocycles. The minimum atomic E-state index is -0.836. The van der Waals surface area contributed by atoms with E-state index in [1.807, 2.05) is 30.3 Å². The normalized spacial score (nSPS) is 26.6. The second-order valence-electron chi connectivity index (χ2n) is 9.88. The lowest BCUT2D eigenvalue weighted by molar-refractivity contribution is -0.162. The lowest BCUT2D eigenvalue weighted by Crippen LogP contribution is -2.50. The minimum Gasteiger partial charge on any atom is -0.487 e. The Morgan fingerprint density at radius 1 is 1.23 bits per heavy atom. The predicted molar refractivity (Wildman–Crippen MR) is 122 cm³/mol. The molecule has 0 amide bonds. The third kappa shape index (κ3) is 4.61. The van der Waals surface area contributed by atoms with Gasteiger partial charge in [0.2, 0.25) is 0 Å². The molecule has 2 aliphatic rings. The molecular weight excluding hydrogens is 412 g/mol. The fourth-order valence-electron chi connectivity index (χ4n) is 5.19. The SMILES string of the molecule is CC(C)C[C@H]1O[C@@H]2c3cc(CC(=O)O)ccc3OC(C)(C)[C@H]2C[C@@H]1c1cccc(Cl)c1. The number of carboxylic acid groups (broad SMARTS) is 1. The summed E-state index contributed by atoms with van der Waals surface area (Å²) in [6.45, 7) is 8.69. The Balaban J connectivity index is 1.74. The average molecular weight is 443 g/mol. The standard InChI is InChI=1S/C26H31ClO4/c1-15(2)10-23-19(17-6-5-7-18(27)13-17)14-21-25(30-23)20-11-16(12-24(28)29)8-9-22(20)31-26(21,3)4/h5-9,11,13,15,19,21,23,25H,10,12,14H2,1-4H3,(H,28,29)/t19-,21+,23-,25-/m1/s1. The Morgan fingerprint density at radius 2 is 2.00 bits per heavy atom. The smallest absolute Gasteiger partial charge is 0.307 e. The second-order valence-corrected chi connectivity index (χ2v) is 10.3. The Hall–Kier alpha value is -2.04. The van der Waals surface area contributed by atoms with Gasteiger partial charge in [-0.1, -0.05) is 43.6 Å². The van der Waals surface area contributed by atoms with E-state index >= 15 is 0 Å². The van der Waals surface area contributed by atoms with Crippen LogP contribution in [0.25, 0.3) is 0 Å². The first-order chi connectivity index (χ1) is 14.6. The molecule has 2 aromatic rings. The summed E-state index contributed by atoms with van der Waals surface area (Å²) in [7, 11) is 0.